The minimum atomic E-state index is -1.02. The lowest BCUT2D eigenvalue weighted by Crippen LogP contribution is -2.29. The summed E-state index contributed by atoms with van der Waals surface area (Å²) in [4.78, 5) is 21.4. The maximum Gasteiger partial charge on any atom is 0.332 e. The van der Waals surface area contributed by atoms with Crippen molar-refractivity contribution in [2.75, 3.05) is 19.6 Å². The number of carboxylic acid groups (broad SMARTS) is 1. The zero-order valence-electron chi connectivity index (χ0n) is 9.01. The summed E-state index contributed by atoms with van der Waals surface area (Å²) in [5, 5.41) is 14.0. The summed E-state index contributed by atoms with van der Waals surface area (Å²) >= 11 is 0. The summed E-state index contributed by atoms with van der Waals surface area (Å²) in [6, 6.07) is 0. The first-order valence-electron chi connectivity index (χ1n) is 4.96. The van der Waals surface area contributed by atoms with E-state index in [2.05, 4.69) is 17.2 Å². The Balaban J connectivity index is 3.42. The molecule has 0 aliphatic carbocycles. The Labute approximate surface area is 89.6 Å². The summed E-state index contributed by atoms with van der Waals surface area (Å²) in [6.45, 7) is 6.69. The lowest BCUT2D eigenvalue weighted by atomic mass is 10.3. The molecule has 15 heavy (non-hydrogen) atoms. The second kappa shape index (κ2) is 7.99. The van der Waals surface area contributed by atoms with Crippen molar-refractivity contribution < 1.29 is 14.7 Å². The van der Waals surface area contributed by atoms with E-state index in [1.165, 1.54) is 0 Å². The Bertz CT molecular complexity index is 239. The first-order valence-corrected chi connectivity index (χ1v) is 4.96. The van der Waals surface area contributed by atoms with Gasteiger partial charge in [0.15, 0.2) is 0 Å². The molecular weight excluding hydrogens is 196 g/mol. The smallest absolute Gasteiger partial charge is 0.332 e. The van der Waals surface area contributed by atoms with E-state index in [-0.39, 0.29) is 18.0 Å². The molecule has 5 nitrogen and oxygen atoms in total. The topological polar surface area (TPSA) is 78.4 Å². The maximum atomic E-state index is 11.1. The number of aliphatic carboxylic acids is 1. The second-order valence-corrected chi connectivity index (χ2v) is 3.19. The summed E-state index contributed by atoms with van der Waals surface area (Å²) < 4.78 is 0. The molecule has 0 aromatic heterocycles. The first-order chi connectivity index (χ1) is 7.07. The first kappa shape index (κ1) is 13.6. The Morgan fingerprint density at radius 3 is 2.53 bits per heavy atom. The molecule has 86 valence electrons. The van der Waals surface area contributed by atoms with E-state index < -0.39 is 5.97 Å². The fraction of sp³-hybridized carbons (Fsp3) is 0.600. The minimum absolute atomic E-state index is 0.0229. The molecule has 0 aromatic carbocycles. The van der Waals surface area contributed by atoms with Crippen LogP contribution in [-0.2, 0) is 9.59 Å². The number of carbonyl (C=O) groups excluding carboxylic acids is 1. The van der Waals surface area contributed by atoms with Gasteiger partial charge in [0.25, 0.3) is 0 Å². The largest absolute Gasteiger partial charge is 0.478 e. The Morgan fingerprint density at radius 2 is 2.00 bits per heavy atom. The highest BCUT2D eigenvalue weighted by Gasteiger charge is 2.03. The van der Waals surface area contributed by atoms with Crippen LogP contribution >= 0.6 is 0 Å². The summed E-state index contributed by atoms with van der Waals surface area (Å²) in [7, 11) is 0. The molecule has 0 aliphatic heterocycles. The van der Waals surface area contributed by atoms with Gasteiger partial charge in [-0.25, -0.2) is 4.79 Å². The van der Waals surface area contributed by atoms with E-state index in [1.54, 1.807) is 0 Å². The predicted octanol–water partition coefficient (Wildman–Crippen LogP) is 0.133. The molecule has 0 heterocycles. The third kappa shape index (κ3) is 7.69. The van der Waals surface area contributed by atoms with Gasteiger partial charge in [0, 0.05) is 31.6 Å². The predicted molar refractivity (Wildman–Crippen MR) is 57.6 cm³/mol. The third-order valence-corrected chi connectivity index (χ3v) is 1.74. The van der Waals surface area contributed by atoms with Crippen molar-refractivity contribution in [3.05, 3.63) is 12.2 Å². The SMILES string of the molecule is C=C(CNCCC(=O)NCCC)C(=O)O. The van der Waals surface area contributed by atoms with Gasteiger partial charge in [0.05, 0.1) is 0 Å². The van der Waals surface area contributed by atoms with Gasteiger partial charge >= 0.3 is 5.97 Å². The Morgan fingerprint density at radius 1 is 1.33 bits per heavy atom. The molecule has 0 saturated heterocycles. The fourth-order valence-corrected chi connectivity index (χ4v) is 0.870. The van der Waals surface area contributed by atoms with Crippen LogP contribution in [0.15, 0.2) is 12.2 Å². The standard InChI is InChI=1S/C10H18N2O3/c1-3-5-12-9(13)4-6-11-7-8(2)10(14)15/h11H,2-7H2,1H3,(H,12,13)(H,14,15). The Kier molecular flexibility index (Phi) is 7.27. The molecule has 5 heteroatoms. The lowest BCUT2D eigenvalue weighted by Gasteiger charge is -2.05. The zero-order valence-corrected chi connectivity index (χ0v) is 9.01. The van der Waals surface area contributed by atoms with Crippen molar-refractivity contribution >= 4 is 11.9 Å². The van der Waals surface area contributed by atoms with Crippen molar-refractivity contribution in [3.63, 3.8) is 0 Å². The molecule has 0 radical (unpaired) electrons. The number of hydrogen-bond acceptors (Lipinski definition) is 3. The molecule has 0 aliphatic rings. The normalized spacial score (nSPS) is 9.67. The summed E-state index contributed by atoms with van der Waals surface area (Å²) in [6.07, 6.45) is 1.27. The van der Waals surface area contributed by atoms with E-state index in [9.17, 15) is 9.59 Å². The van der Waals surface area contributed by atoms with Gasteiger partial charge in [-0.1, -0.05) is 13.5 Å². The van der Waals surface area contributed by atoms with Crippen LogP contribution < -0.4 is 10.6 Å². The van der Waals surface area contributed by atoms with Crippen LogP contribution in [0, 0.1) is 0 Å². The van der Waals surface area contributed by atoms with Crippen LogP contribution in [0.3, 0.4) is 0 Å². The maximum absolute atomic E-state index is 11.1. The van der Waals surface area contributed by atoms with Crippen LogP contribution in [0.1, 0.15) is 19.8 Å². The third-order valence-electron chi connectivity index (χ3n) is 1.74. The van der Waals surface area contributed by atoms with Crippen molar-refractivity contribution in [2.45, 2.75) is 19.8 Å². The molecule has 0 spiro atoms. The van der Waals surface area contributed by atoms with Crippen LogP contribution in [0.5, 0.6) is 0 Å². The monoisotopic (exact) mass is 214 g/mol. The molecule has 0 fully saturated rings. The number of carbonyl (C=O) groups is 2. The number of carboxylic acids is 1. The average molecular weight is 214 g/mol. The molecule has 3 N–H and O–H groups in total. The molecule has 0 atom stereocenters. The number of amides is 1. The molecule has 0 rings (SSSR count). The quantitative estimate of drug-likeness (QED) is 0.396. The van der Waals surface area contributed by atoms with Gasteiger partial charge in [0.1, 0.15) is 0 Å². The molecule has 0 unspecified atom stereocenters. The fourth-order valence-electron chi connectivity index (χ4n) is 0.870. The van der Waals surface area contributed by atoms with Crippen molar-refractivity contribution in [1.82, 2.24) is 10.6 Å². The van der Waals surface area contributed by atoms with E-state index in [0.717, 1.165) is 6.42 Å². The summed E-state index contributed by atoms with van der Waals surface area (Å²) in [5.41, 5.74) is 0.101. The van der Waals surface area contributed by atoms with Crippen LogP contribution in [0.25, 0.3) is 0 Å². The molecular formula is C10H18N2O3. The highest BCUT2D eigenvalue weighted by atomic mass is 16.4. The lowest BCUT2D eigenvalue weighted by molar-refractivity contribution is -0.132. The molecule has 0 aromatic rings. The van der Waals surface area contributed by atoms with Crippen LogP contribution in [-0.4, -0.2) is 36.6 Å². The minimum Gasteiger partial charge on any atom is -0.478 e. The van der Waals surface area contributed by atoms with Gasteiger partial charge < -0.3 is 15.7 Å². The molecule has 0 bridgehead atoms. The molecule has 1 amide bonds. The summed E-state index contributed by atoms with van der Waals surface area (Å²) in [5.74, 6) is -1.04. The molecule has 0 saturated carbocycles. The van der Waals surface area contributed by atoms with E-state index in [1.807, 2.05) is 6.92 Å². The highest BCUT2D eigenvalue weighted by molar-refractivity contribution is 5.86. The second-order valence-electron chi connectivity index (χ2n) is 3.19. The van der Waals surface area contributed by atoms with Gasteiger partial charge in [-0.2, -0.15) is 0 Å². The van der Waals surface area contributed by atoms with E-state index in [4.69, 9.17) is 5.11 Å². The van der Waals surface area contributed by atoms with Gasteiger partial charge in [-0.05, 0) is 6.42 Å². The highest BCUT2D eigenvalue weighted by Crippen LogP contribution is 1.86. The number of hydrogen-bond donors (Lipinski definition) is 3. The van der Waals surface area contributed by atoms with Crippen LogP contribution in [0.2, 0.25) is 0 Å². The average Bonchev–Trinajstić information content (AvgIpc) is 2.20. The van der Waals surface area contributed by atoms with Gasteiger partial charge in [0.2, 0.25) is 5.91 Å². The Hall–Kier alpha value is -1.36. The van der Waals surface area contributed by atoms with Crippen molar-refractivity contribution in [1.29, 1.82) is 0 Å². The van der Waals surface area contributed by atoms with E-state index >= 15 is 0 Å². The van der Waals surface area contributed by atoms with E-state index in [0.29, 0.717) is 19.5 Å². The van der Waals surface area contributed by atoms with Crippen molar-refractivity contribution in [3.8, 4) is 0 Å². The van der Waals surface area contributed by atoms with Gasteiger partial charge in [-0.3, -0.25) is 4.79 Å². The zero-order chi connectivity index (χ0) is 11.7. The number of nitrogens with one attached hydrogen (secondary N) is 2. The number of rotatable bonds is 8. The van der Waals surface area contributed by atoms with Crippen molar-refractivity contribution in [2.24, 2.45) is 0 Å². The van der Waals surface area contributed by atoms with Gasteiger partial charge in [-0.15, -0.1) is 0 Å². The van der Waals surface area contributed by atoms with Crippen LogP contribution in [0.4, 0.5) is 0 Å².